The molecular formula is C20H28IN3O. The minimum absolute atomic E-state index is 0. The second-order valence-corrected chi connectivity index (χ2v) is 6.38. The second kappa shape index (κ2) is 10.3. The molecule has 2 rings (SSSR count). The third kappa shape index (κ3) is 6.57. The van der Waals surface area contributed by atoms with Crippen LogP contribution in [-0.4, -0.2) is 26.7 Å². The fourth-order valence-corrected chi connectivity index (χ4v) is 2.45. The molecule has 5 heteroatoms. The summed E-state index contributed by atoms with van der Waals surface area (Å²) in [7, 11) is 3.48. The highest BCUT2D eigenvalue weighted by atomic mass is 127. The average Bonchev–Trinajstić information content (AvgIpc) is 2.62. The molecule has 136 valence electrons. The fourth-order valence-electron chi connectivity index (χ4n) is 2.45. The van der Waals surface area contributed by atoms with Crippen molar-refractivity contribution >= 4 is 29.9 Å². The first-order valence-electron chi connectivity index (χ1n) is 8.18. The van der Waals surface area contributed by atoms with E-state index in [4.69, 9.17) is 4.74 Å². The van der Waals surface area contributed by atoms with Crippen molar-refractivity contribution in [2.45, 2.75) is 25.8 Å². The molecule has 0 atom stereocenters. The van der Waals surface area contributed by atoms with E-state index >= 15 is 0 Å². The number of nitrogens with one attached hydrogen (secondary N) is 2. The van der Waals surface area contributed by atoms with Crippen molar-refractivity contribution in [2.75, 3.05) is 20.7 Å². The van der Waals surface area contributed by atoms with Crippen LogP contribution in [0.4, 0.5) is 0 Å². The van der Waals surface area contributed by atoms with Gasteiger partial charge in [0, 0.05) is 25.6 Å². The molecule has 2 N–H and O–H groups in total. The number of guanidine groups is 1. The van der Waals surface area contributed by atoms with Gasteiger partial charge in [-0.3, -0.25) is 4.99 Å². The summed E-state index contributed by atoms with van der Waals surface area (Å²) in [4.78, 5) is 4.30. The number of benzene rings is 2. The molecule has 0 aromatic heterocycles. The molecule has 0 heterocycles. The third-order valence-electron chi connectivity index (χ3n) is 4.10. The zero-order valence-corrected chi connectivity index (χ0v) is 17.7. The van der Waals surface area contributed by atoms with Crippen LogP contribution in [0, 0.1) is 0 Å². The first-order chi connectivity index (χ1) is 11.5. The van der Waals surface area contributed by atoms with Crippen molar-refractivity contribution < 1.29 is 4.74 Å². The van der Waals surface area contributed by atoms with Crippen LogP contribution in [0.5, 0.6) is 5.75 Å². The number of hydrogen-bond donors (Lipinski definition) is 2. The van der Waals surface area contributed by atoms with Crippen molar-refractivity contribution in [2.24, 2.45) is 4.99 Å². The summed E-state index contributed by atoms with van der Waals surface area (Å²) >= 11 is 0. The predicted octanol–water partition coefficient (Wildman–Crippen LogP) is 3.96. The smallest absolute Gasteiger partial charge is 0.191 e. The van der Waals surface area contributed by atoms with E-state index < -0.39 is 0 Å². The molecule has 0 radical (unpaired) electrons. The standard InChI is InChI=1S/C20H27N3O.HI/c1-20(2,17-10-12-18(24-4)13-11-17)15-23-19(21-3)22-14-16-8-6-5-7-9-16;/h5-13H,14-15H2,1-4H3,(H2,21,22,23);1H. The predicted molar refractivity (Wildman–Crippen MR) is 116 cm³/mol. The Balaban J connectivity index is 0.00000312. The molecule has 4 nitrogen and oxygen atoms in total. The molecular weight excluding hydrogens is 425 g/mol. The van der Waals surface area contributed by atoms with Gasteiger partial charge in [-0.05, 0) is 23.3 Å². The summed E-state index contributed by atoms with van der Waals surface area (Å²) in [6.45, 7) is 5.97. The van der Waals surface area contributed by atoms with E-state index in [0.29, 0.717) is 0 Å². The Bertz CT molecular complexity index is 654. The summed E-state index contributed by atoms with van der Waals surface area (Å²) in [5, 5.41) is 6.76. The molecule has 2 aromatic rings. The van der Waals surface area contributed by atoms with Crippen molar-refractivity contribution in [1.82, 2.24) is 10.6 Å². The molecule has 0 spiro atoms. The molecule has 0 aliphatic heterocycles. The van der Waals surface area contributed by atoms with Gasteiger partial charge in [0.1, 0.15) is 5.75 Å². The number of halogens is 1. The van der Waals surface area contributed by atoms with E-state index in [2.05, 4.69) is 53.7 Å². The topological polar surface area (TPSA) is 45.7 Å². The molecule has 2 aromatic carbocycles. The Labute approximate surface area is 168 Å². The van der Waals surface area contributed by atoms with Gasteiger partial charge >= 0.3 is 0 Å². The fraction of sp³-hybridized carbons (Fsp3) is 0.350. The van der Waals surface area contributed by atoms with Crippen molar-refractivity contribution in [3.63, 3.8) is 0 Å². The van der Waals surface area contributed by atoms with Gasteiger partial charge in [0.2, 0.25) is 0 Å². The van der Waals surface area contributed by atoms with Crippen LogP contribution in [0.25, 0.3) is 0 Å². The van der Waals surface area contributed by atoms with E-state index in [1.807, 2.05) is 30.3 Å². The molecule has 0 bridgehead atoms. The van der Waals surface area contributed by atoms with Crippen molar-refractivity contribution in [3.05, 3.63) is 65.7 Å². The lowest BCUT2D eigenvalue weighted by atomic mass is 9.84. The molecule has 0 unspecified atom stereocenters. The monoisotopic (exact) mass is 453 g/mol. The molecule has 0 aliphatic carbocycles. The molecule has 0 saturated heterocycles. The first kappa shape index (κ1) is 21.3. The maximum atomic E-state index is 5.23. The highest BCUT2D eigenvalue weighted by molar-refractivity contribution is 14.0. The van der Waals surface area contributed by atoms with Crippen LogP contribution in [0.3, 0.4) is 0 Å². The maximum Gasteiger partial charge on any atom is 0.191 e. The Morgan fingerprint density at radius 2 is 1.64 bits per heavy atom. The van der Waals surface area contributed by atoms with Crippen LogP contribution >= 0.6 is 24.0 Å². The van der Waals surface area contributed by atoms with Crippen LogP contribution in [0.15, 0.2) is 59.6 Å². The Hall–Kier alpha value is -1.76. The number of nitrogens with zero attached hydrogens (tertiary/aromatic N) is 1. The molecule has 0 amide bonds. The SMILES string of the molecule is CN=C(NCc1ccccc1)NCC(C)(C)c1ccc(OC)cc1.I. The van der Waals surface area contributed by atoms with E-state index in [1.54, 1.807) is 14.2 Å². The van der Waals surface area contributed by atoms with Gasteiger partial charge in [-0.25, -0.2) is 0 Å². The largest absolute Gasteiger partial charge is 0.497 e. The second-order valence-electron chi connectivity index (χ2n) is 6.38. The third-order valence-corrected chi connectivity index (χ3v) is 4.10. The lowest BCUT2D eigenvalue weighted by Crippen LogP contribution is -2.43. The minimum atomic E-state index is -0.0172. The summed E-state index contributed by atoms with van der Waals surface area (Å²) in [6, 6.07) is 18.5. The van der Waals surface area contributed by atoms with E-state index in [0.717, 1.165) is 24.8 Å². The Kier molecular flexibility index (Phi) is 8.75. The number of rotatable bonds is 6. The van der Waals surface area contributed by atoms with Crippen LogP contribution in [-0.2, 0) is 12.0 Å². The van der Waals surface area contributed by atoms with Crippen LogP contribution in [0.2, 0.25) is 0 Å². The van der Waals surface area contributed by atoms with E-state index in [-0.39, 0.29) is 29.4 Å². The Morgan fingerprint density at radius 1 is 1.00 bits per heavy atom. The van der Waals surface area contributed by atoms with Gasteiger partial charge in [-0.1, -0.05) is 56.3 Å². The zero-order valence-electron chi connectivity index (χ0n) is 15.4. The highest BCUT2D eigenvalue weighted by Crippen LogP contribution is 2.24. The summed E-state index contributed by atoms with van der Waals surface area (Å²) in [5.41, 5.74) is 2.47. The normalized spacial score (nSPS) is 11.4. The number of aliphatic imine (C=N–C) groups is 1. The number of methoxy groups -OCH3 is 1. The Morgan fingerprint density at radius 3 is 2.20 bits per heavy atom. The van der Waals surface area contributed by atoms with Crippen LogP contribution < -0.4 is 15.4 Å². The molecule has 25 heavy (non-hydrogen) atoms. The molecule has 0 fully saturated rings. The first-order valence-corrected chi connectivity index (χ1v) is 8.18. The van der Waals surface area contributed by atoms with Gasteiger partial charge in [-0.2, -0.15) is 0 Å². The van der Waals surface area contributed by atoms with E-state index in [1.165, 1.54) is 11.1 Å². The van der Waals surface area contributed by atoms with Gasteiger partial charge < -0.3 is 15.4 Å². The van der Waals surface area contributed by atoms with Gasteiger partial charge in [0.05, 0.1) is 7.11 Å². The molecule has 0 aliphatic rings. The number of ether oxygens (including phenoxy) is 1. The lowest BCUT2D eigenvalue weighted by molar-refractivity contribution is 0.414. The van der Waals surface area contributed by atoms with Gasteiger partial charge in [-0.15, -0.1) is 24.0 Å². The van der Waals surface area contributed by atoms with Crippen LogP contribution in [0.1, 0.15) is 25.0 Å². The maximum absolute atomic E-state index is 5.23. The van der Waals surface area contributed by atoms with E-state index in [9.17, 15) is 0 Å². The number of hydrogen-bond acceptors (Lipinski definition) is 2. The van der Waals surface area contributed by atoms with Crippen molar-refractivity contribution in [1.29, 1.82) is 0 Å². The highest BCUT2D eigenvalue weighted by Gasteiger charge is 2.21. The quantitative estimate of drug-likeness (QED) is 0.396. The summed E-state index contributed by atoms with van der Waals surface area (Å²) in [5.74, 6) is 1.68. The average molecular weight is 453 g/mol. The summed E-state index contributed by atoms with van der Waals surface area (Å²) < 4.78 is 5.23. The summed E-state index contributed by atoms with van der Waals surface area (Å²) in [6.07, 6.45) is 0. The zero-order chi connectivity index (χ0) is 17.4. The van der Waals surface area contributed by atoms with Crippen molar-refractivity contribution in [3.8, 4) is 5.75 Å². The molecule has 0 saturated carbocycles. The van der Waals surface area contributed by atoms with Gasteiger partial charge in [0.15, 0.2) is 5.96 Å². The van der Waals surface area contributed by atoms with Gasteiger partial charge in [0.25, 0.3) is 0 Å². The lowest BCUT2D eigenvalue weighted by Gasteiger charge is -2.27. The minimum Gasteiger partial charge on any atom is -0.497 e.